The zero-order chi connectivity index (χ0) is 14.7. The Bertz CT molecular complexity index is 673. The fourth-order valence-electron chi connectivity index (χ4n) is 2.07. The molecule has 0 radical (unpaired) electrons. The first-order valence-corrected chi connectivity index (χ1v) is 6.11. The van der Waals surface area contributed by atoms with Crippen LogP contribution in [0.5, 0.6) is 0 Å². The zero-order valence-electron chi connectivity index (χ0n) is 11.2. The Morgan fingerprint density at radius 1 is 1.00 bits per heavy atom. The van der Waals surface area contributed by atoms with Crippen LogP contribution in [0.2, 0.25) is 0 Å². The summed E-state index contributed by atoms with van der Waals surface area (Å²) in [4.78, 5) is 10.2. The number of rotatable bonds is 3. The minimum Gasteiger partial charge on any atom is -0.618 e. The van der Waals surface area contributed by atoms with Crippen LogP contribution in [0, 0.1) is 29.2 Å². The van der Waals surface area contributed by atoms with Crippen molar-refractivity contribution in [3.05, 3.63) is 74.5 Å². The van der Waals surface area contributed by atoms with E-state index in [0.717, 1.165) is 15.9 Å². The Balaban J connectivity index is 2.45. The van der Waals surface area contributed by atoms with E-state index in [2.05, 4.69) is 0 Å². The van der Waals surface area contributed by atoms with Crippen LogP contribution in [0.1, 0.15) is 16.7 Å². The van der Waals surface area contributed by atoms with E-state index in [-0.39, 0.29) is 5.69 Å². The number of hydrogen-bond acceptors (Lipinski definition) is 3. The molecule has 5 nitrogen and oxygen atoms in total. The molecule has 0 saturated heterocycles. The lowest BCUT2D eigenvalue weighted by atomic mass is 10.1. The van der Waals surface area contributed by atoms with Crippen LogP contribution >= 0.6 is 0 Å². The minimum absolute atomic E-state index is 0.0337. The van der Waals surface area contributed by atoms with Crippen LogP contribution < -0.4 is 0 Å². The summed E-state index contributed by atoms with van der Waals surface area (Å²) in [5.41, 5.74) is 2.76. The standard InChI is InChI=1S/C15H14N2O3/c1-11-5-3-6-12(2)15(11)16(18)10-13-7-4-8-14(9-13)17(19)20/h3-10H,1-2H3/b16-10-. The molecular formula is C15H14N2O3. The van der Waals surface area contributed by atoms with E-state index in [1.54, 1.807) is 12.1 Å². The normalized spacial score (nSPS) is 11.4. The van der Waals surface area contributed by atoms with Crippen molar-refractivity contribution in [2.75, 3.05) is 0 Å². The molecule has 0 bridgehead atoms. The summed E-state index contributed by atoms with van der Waals surface area (Å²) >= 11 is 0. The highest BCUT2D eigenvalue weighted by molar-refractivity contribution is 5.78. The van der Waals surface area contributed by atoms with Gasteiger partial charge in [0.25, 0.3) is 5.69 Å². The lowest BCUT2D eigenvalue weighted by Crippen LogP contribution is -2.03. The van der Waals surface area contributed by atoms with Crippen molar-refractivity contribution < 1.29 is 9.66 Å². The van der Waals surface area contributed by atoms with E-state index in [9.17, 15) is 15.3 Å². The first-order valence-electron chi connectivity index (χ1n) is 6.11. The van der Waals surface area contributed by atoms with Crippen molar-refractivity contribution in [1.82, 2.24) is 0 Å². The second-order valence-corrected chi connectivity index (χ2v) is 4.55. The number of hydrogen-bond donors (Lipinski definition) is 0. The number of nitro benzene ring substituents is 1. The number of nitrogens with zero attached hydrogens (tertiary/aromatic N) is 2. The van der Waals surface area contributed by atoms with E-state index in [1.165, 1.54) is 18.3 Å². The molecule has 0 N–H and O–H groups in total. The highest BCUT2D eigenvalue weighted by atomic mass is 16.6. The third-order valence-corrected chi connectivity index (χ3v) is 3.01. The van der Waals surface area contributed by atoms with E-state index < -0.39 is 4.92 Å². The molecule has 0 aliphatic carbocycles. The Labute approximate surface area is 116 Å². The maximum atomic E-state index is 12.2. The Hall–Kier alpha value is -2.69. The van der Waals surface area contributed by atoms with Gasteiger partial charge >= 0.3 is 0 Å². The van der Waals surface area contributed by atoms with E-state index in [0.29, 0.717) is 11.3 Å². The van der Waals surface area contributed by atoms with E-state index in [4.69, 9.17) is 0 Å². The van der Waals surface area contributed by atoms with Crippen LogP contribution in [0.4, 0.5) is 11.4 Å². The van der Waals surface area contributed by atoms with E-state index in [1.807, 2.05) is 32.0 Å². The van der Waals surface area contributed by atoms with Gasteiger partial charge in [0.1, 0.15) is 0 Å². The van der Waals surface area contributed by atoms with Gasteiger partial charge in [0, 0.05) is 28.8 Å². The first-order chi connectivity index (χ1) is 9.49. The molecule has 102 valence electrons. The Morgan fingerprint density at radius 2 is 1.60 bits per heavy atom. The average Bonchev–Trinajstić information content (AvgIpc) is 2.38. The largest absolute Gasteiger partial charge is 0.618 e. The van der Waals surface area contributed by atoms with Gasteiger partial charge in [-0.05, 0) is 19.9 Å². The summed E-state index contributed by atoms with van der Waals surface area (Å²) in [6.07, 6.45) is 1.35. The van der Waals surface area contributed by atoms with Gasteiger partial charge in [-0.3, -0.25) is 10.1 Å². The summed E-state index contributed by atoms with van der Waals surface area (Å²) in [6.45, 7) is 3.71. The second-order valence-electron chi connectivity index (χ2n) is 4.55. The fourth-order valence-corrected chi connectivity index (χ4v) is 2.07. The van der Waals surface area contributed by atoms with Crippen molar-refractivity contribution in [2.24, 2.45) is 0 Å². The predicted octanol–water partition coefficient (Wildman–Crippen LogP) is 3.47. The molecule has 5 heteroatoms. The summed E-state index contributed by atoms with van der Waals surface area (Å²) in [6, 6.07) is 11.6. The van der Waals surface area contributed by atoms with Gasteiger partial charge < -0.3 is 5.21 Å². The number of para-hydroxylation sites is 1. The minimum atomic E-state index is -0.481. The van der Waals surface area contributed by atoms with Gasteiger partial charge in [0.15, 0.2) is 6.21 Å². The van der Waals surface area contributed by atoms with Crippen molar-refractivity contribution in [1.29, 1.82) is 0 Å². The molecule has 0 saturated carbocycles. The van der Waals surface area contributed by atoms with Gasteiger partial charge in [0.05, 0.1) is 4.92 Å². The third kappa shape index (κ3) is 2.83. The van der Waals surface area contributed by atoms with Gasteiger partial charge in [-0.15, -0.1) is 0 Å². The molecule has 0 spiro atoms. The highest BCUT2D eigenvalue weighted by Gasteiger charge is 2.11. The number of non-ortho nitro benzene ring substituents is 1. The topological polar surface area (TPSA) is 69.2 Å². The fraction of sp³-hybridized carbons (Fsp3) is 0.133. The lowest BCUT2D eigenvalue weighted by Gasteiger charge is -2.08. The molecule has 2 aromatic rings. The predicted molar refractivity (Wildman–Crippen MR) is 77.5 cm³/mol. The van der Waals surface area contributed by atoms with Gasteiger partial charge in [0.2, 0.25) is 5.69 Å². The van der Waals surface area contributed by atoms with Crippen molar-refractivity contribution in [3.8, 4) is 0 Å². The molecule has 2 aromatic carbocycles. The second kappa shape index (κ2) is 5.52. The molecular weight excluding hydrogens is 256 g/mol. The Kier molecular flexibility index (Phi) is 3.79. The van der Waals surface area contributed by atoms with Crippen molar-refractivity contribution in [2.45, 2.75) is 13.8 Å². The number of aryl methyl sites for hydroxylation is 2. The molecule has 0 heterocycles. The summed E-state index contributed by atoms with van der Waals surface area (Å²) < 4.78 is 0.754. The van der Waals surface area contributed by atoms with Gasteiger partial charge in [-0.25, -0.2) is 0 Å². The Morgan fingerprint density at radius 3 is 2.20 bits per heavy atom. The molecule has 0 amide bonds. The SMILES string of the molecule is Cc1cccc(C)c1/[N+]([O-])=C/c1cccc([N+](=O)[O-])c1. The third-order valence-electron chi connectivity index (χ3n) is 3.01. The summed E-state index contributed by atoms with van der Waals surface area (Å²) in [5.74, 6) is 0. The van der Waals surface area contributed by atoms with Crippen LogP contribution in [0.15, 0.2) is 42.5 Å². The van der Waals surface area contributed by atoms with Gasteiger partial charge in [-0.2, -0.15) is 4.74 Å². The smallest absolute Gasteiger partial charge is 0.270 e. The monoisotopic (exact) mass is 270 g/mol. The van der Waals surface area contributed by atoms with Crippen LogP contribution in [-0.4, -0.2) is 15.9 Å². The number of nitro groups is 1. The summed E-state index contributed by atoms with van der Waals surface area (Å²) in [7, 11) is 0. The number of benzene rings is 2. The van der Waals surface area contributed by atoms with E-state index >= 15 is 0 Å². The van der Waals surface area contributed by atoms with Crippen LogP contribution in [0.25, 0.3) is 0 Å². The highest BCUT2D eigenvalue weighted by Crippen LogP contribution is 2.22. The average molecular weight is 270 g/mol. The molecule has 0 fully saturated rings. The molecule has 0 aliphatic heterocycles. The lowest BCUT2D eigenvalue weighted by molar-refractivity contribution is -0.385. The zero-order valence-corrected chi connectivity index (χ0v) is 11.2. The van der Waals surface area contributed by atoms with Crippen molar-refractivity contribution in [3.63, 3.8) is 0 Å². The first kappa shape index (κ1) is 13.7. The van der Waals surface area contributed by atoms with Gasteiger partial charge in [-0.1, -0.05) is 24.3 Å². The summed E-state index contributed by atoms with van der Waals surface area (Å²) in [5, 5.41) is 22.9. The van der Waals surface area contributed by atoms with Crippen LogP contribution in [0.3, 0.4) is 0 Å². The maximum absolute atomic E-state index is 12.2. The maximum Gasteiger partial charge on any atom is 0.270 e. The quantitative estimate of drug-likeness (QED) is 0.282. The molecule has 2 rings (SSSR count). The molecule has 0 atom stereocenters. The molecule has 0 aromatic heterocycles. The molecule has 20 heavy (non-hydrogen) atoms. The molecule has 0 unspecified atom stereocenters. The van der Waals surface area contributed by atoms with Crippen LogP contribution in [-0.2, 0) is 0 Å². The molecule has 0 aliphatic rings. The van der Waals surface area contributed by atoms with Crippen molar-refractivity contribution >= 4 is 17.6 Å².